The summed E-state index contributed by atoms with van der Waals surface area (Å²) in [6.07, 6.45) is 9.73. The summed E-state index contributed by atoms with van der Waals surface area (Å²) < 4.78 is 26.2. The maximum atomic E-state index is 11.4. The summed E-state index contributed by atoms with van der Waals surface area (Å²) in [7, 11) is -4.12. The summed E-state index contributed by atoms with van der Waals surface area (Å²) in [5.74, 6) is 5.99. The molecule has 24 heavy (non-hydrogen) atoms. The fourth-order valence-electron chi connectivity index (χ4n) is 2.09. The molecule has 12 heteroatoms. The molecule has 1 aromatic heterocycles. The number of fused-ring (bicyclic) bond motifs is 1. The van der Waals surface area contributed by atoms with Gasteiger partial charge in [0.1, 0.15) is 6.33 Å². The van der Waals surface area contributed by atoms with E-state index in [4.69, 9.17) is 27.5 Å². The minimum Gasteiger partial charge on any atom is -0.380 e. The molecule has 2 aliphatic heterocycles. The zero-order valence-corrected chi connectivity index (χ0v) is 13.0. The molecule has 0 fully saturated rings. The Hall–Kier alpha value is -2.32. The van der Waals surface area contributed by atoms with Crippen LogP contribution in [0.5, 0.6) is 0 Å². The van der Waals surface area contributed by atoms with Crippen LogP contribution in [0.1, 0.15) is 0 Å². The number of rotatable bonds is 5. The third kappa shape index (κ3) is 2.90. The Bertz CT molecular complexity index is 808. The molecule has 5 N–H and O–H groups in total. The number of nitrogens with zero attached hydrogens (tertiary/aromatic N) is 4. The highest BCUT2D eigenvalue weighted by molar-refractivity contribution is 7.52. The summed E-state index contributed by atoms with van der Waals surface area (Å²) in [5, 5.41) is 0. The van der Waals surface area contributed by atoms with Crippen molar-refractivity contribution in [2.45, 2.75) is 12.0 Å². The Morgan fingerprint density at radius 3 is 3.12 bits per heavy atom. The highest BCUT2D eigenvalue weighted by atomic mass is 31.2. The van der Waals surface area contributed by atoms with E-state index < -0.39 is 26.0 Å². The lowest BCUT2D eigenvalue weighted by Gasteiger charge is -2.24. The van der Waals surface area contributed by atoms with Crippen molar-refractivity contribution in [3.8, 4) is 12.3 Å². The van der Waals surface area contributed by atoms with Gasteiger partial charge in [-0.25, -0.2) is 15.5 Å². The van der Waals surface area contributed by atoms with Gasteiger partial charge in [-0.3, -0.25) is 9.30 Å². The van der Waals surface area contributed by atoms with Crippen LogP contribution in [0.3, 0.4) is 0 Å². The number of ether oxygens (including phenoxy) is 2. The topological polar surface area (TPSA) is 160 Å². The Balaban J connectivity index is 1.76. The van der Waals surface area contributed by atoms with E-state index >= 15 is 0 Å². The Labute approximate surface area is 136 Å². The van der Waals surface area contributed by atoms with E-state index in [0.29, 0.717) is 11.5 Å². The van der Waals surface area contributed by atoms with Crippen LogP contribution in [0.25, 0.3) is 0 Å². The van der Waals surface area contributed by atoms with Crippen LogP contribution in [-0.4, -0.2) is 39.6 Å². The van der Waals surface area contributed by atoms with Gasteiger partial charge in [0, 0.05) is 0 Å². The molecule has 11 nitrogen and oxygen atoms in total. The second-order valence-electron chi connectivity index (χ2n) is 4.78. The molecule has 3 heterocycles. The second-order valence-corrected chi connectivity index (χ2v) is 6.52. The number of hydrogen-bond donors (Lipinski definition) is 3. The van der Waals surface area contributed by atoms with Crippen molar-refractivity contribution in [2.24, 2.45) is 5.90 Å². The normalized spacial score (nSPS) is 27.0. The van der Waals surface area contributed by atoms with E-state index in [0.717, 1.165) is 0 Å². The van der Waals surface area contributed by atoms with Gasteiger partial charge in [0.25, 0.3) is 23.6 Å². The molecule has 0 spiro atoms. The van der Waals surface area contributed by atoms with E-state index in [9.17, 15) is 9.46 Å². The number of anilines is 2. The molecule has 125 valence electrons. The quantitative estimate of drug-likeness (QED) is 0.264. The van der Waals surface area contributed by atoms with Crippen LogP contribution in [0.2, 0.25) is 0 Å². The van der Waals surface area contributed by atoms with Crippen LogP contribution < -0.4 is 21.5 Å². The average molecular weight is 352 g/mol. The SMILES string of the molecule is C#C[C@]1(OCP(=O)(O)ON)C=C[C@H](N2C=[N+]c3c(N)ncnc32)O1. The lowest BCUT2D eigenvalue weighted by Crippen LogP contribution is -2.39. The highest BCUT2D eigenvalue weighted by Crippen LogP contribution is 2.42. The Kier molecular flexibility index (Phi) is 4.10. The molecular formula is C12H13N6O5P+. The number of aliphatic imine (C=N–C) groups is 1. The predicted octanol–water partition coefficient (Wildman–Crippen LogP) is -0.834. The fraction of sp³-hybridized carbons (Fsp3) is 0.250. The van der Waals surface area contributed by atoms with E-state index in [1.54, 1.807) is 11.0 Å². The van der Waals surface area contributed by atoms with Crippen molar-refractivity contribution in [1.29, 1.82) is 0 Å². The Morgan fingerprint density at radius 2 is 2.42 bits per heavy atom. The molecule has 0 amide bonds. The van der Waals surface area contributed by atoms with Crippen molar-refractivity contribution in [2.75, 3.05) is 17.0 Å². The lowest BCUT2D eigenvalue weighted by atomic mass is 10.3. The molecular weight excluding hydrogens is 339 g/mol. The van der Waals surface area contributed by atoms with Crippen LogP contribution in [0, 0.1) is 12.3 Å². The lowest BCUT2D eigenvalue weighted by molar-refractivity contribution is -0.157. The molecule has 2 aliphatic rings. The molecule has 1 radical (unpaired) electrons. The van der Waals surface area contributed by atoms with Gasteiger partial charge in [-0.15, -0.1) is 6.42 Å². The van der Waals surface area contributed by atoms with Crippen LogP contribution in [-0.2, 0) is 18.7 Å². The van der Waals surface area contributed by atoms with Crippen molar-refractivity contribution < 1.29 is 23.6 Å². The minimum atomic E-state index is -4.12. The maximum absolute atomic E-state index is 11.4. The molecule has 0 saturated carbocycles. The molecule has 1 aromatic rings. The molecule has 0 aromatic carbocycles. The van der Waals surface area contributed by atoms with Crippen LogP contribution >= 0.6 is 7.60 Å². The van der Waals surface area contributed by atoms with E-state index in [-0.39, 0.29) is 5.82 Å². The molecule has 0 saturated heterocycles. The molecule has 0 aliphatic carbocycles. The van der Waals surface area contributed by atoms with Gasteiger partial charge >= 0.3 is 7.60 Å². The smallest absolute Gasteiger partial charge is 0.369 e. The van der Waals surface area contributed by atoms with Crippen molar-refractivity contribution >= 4 is 31.3 Å². The van der Waals surface area contributed by atoms with Gasteiger partial charge in [-0.05, 0) is 23.1 Å². The average Bonchev–Trinajstić information content (AvgIpc) is 3.18. The molecule has 0 bridgehead atoms. The number of aromatic nitrogens is 2. The highest BCUT2D eigenvalue weighted by Gasteiger charge is 2.45. The first-order chi connectivity index (χ1) is 11.4. The molecule has 3 atom stereocenters. The van der Waals surface area contributed by atoms with E-state index in [2.05, 4.69) is 25.5 Å². The van der Waals surface area contributed by atoms with Crippen LogP contribution in [0.15, 0.2) is 18.5 Å². The number of nitrogen functional groups attached to an aromatic ring is 1. The van der Waals surface area contributed by atoms with Gasteiger partial charge in [-0.2, -0.15) is 9.88 Å². The van der Waals surface area contributed by atoms with Gasteiger partial charge < -0.3 is 15.4 Å². The second kappa shape index (κ2) is 5.95. The van der Waals surface area contributed by atoms with Gasteiger partial charge in [0.2, 0.25) is 6.23 Å². The maximum Gasteiger partial charge on any atom is 0.369 e. The van der Waals surface area contributed by atoms with Gasteiger partial charge in [0.05, 0.1) is 0 Å². The van der Waals surface area contributed by atoms with Crippen LogP contribution in [0.4, 0.5) is 17.3 Å². The first-order valence-electron chi connectivity index (χ1n) is 6.52. The number of hydrogen-bond acceptors (Lipinski definition) is 10. The third-order valence-corrected chi connectivity index (χ3v) is 4.03. The zero-order valence-electron chi connectivity index (χ0n) is 12.1. The first kappa shape index (κ1) is 16.5. The van der Waals surface area contributed by atoms with E-state index in [1.807, 2.05) is 0 Å². The number of nitrogens with two attached hydrogens (primary N) is 2. The monoisotopic (exact) mass is 352 g/mol. The zero-order chi connectivity index (χ0) is 17.4. The summed E-state index contributed by atoms with van der Waals surface area (Å²) >= 11 is 0. The molecule has 1 unspecified atom stereocenters. The Morgan fingerprint density at radius 1 is 1.62 bits per heavy atom. The van der Waals surface area contributed by atoms with Gasteiger partial charge in [0.15, 0.2) is 12.2 Å². The number of terminal acetylenes is 1. The van der Waals surface area contributed by atoms with Crippen molar-refractivity contribution in [1.82, 2.24) is 15.0 Å². The largest absolute Gasteiger partial charge is 0.380 e. The van der Waals surface area contributed by atoms with Crippen molar-refractivity contribution in [3.63, 3.8) is 0 Å². The predicted molar refractivity (Wildman–Crippen MR) is 83.4 cm³/mol. The first-order valence-corrected chi connectivity index (χ1v) is 8.28. The minimum absolute atomic E-state index is 0.224. The van der Waals surface area contributed by atoms with E-state index in [1.165, 1.54) is 18.7 Å². The summed E-state index contributed by atoms with van der Waals surface area (Å²) in [4.78, 5) is 22.9. The van der Waals surface area contributed by atoms with Gasteiger partial charge in [-0.1, -0.05) is 0 Å². The standard InChI is InChI=1S/C12H13N6O5P/c1-2-12(21-7-24(19,20)23-14)4-3-8(22-12)18-6-17-9-10(13)15-5-16-11(9)18/h1,3-6,8H,7,14H2,(H,19,20)(H2,13,15,16)/q+1/t8-,12-/m1/s1. The summed E-state index contributed by atoms with van der Waals surface area (Å²) in [5.41, 5.74) is 6.14. The van der Waals surface area contributed by atoms with Crippen molar-refractivity contribution in [3.05, 3.63) is 18.5 Å². The third-order valence-electron chi connectivity index (χ3n) is 3.25. The fourth-order valence-corrected chi connectivity index (χ4v) is 2.50. The summed E-state index contributed by atoms with van der Waals surface area (Å²) in [6, 6.07) is 0. The molecule has 3 rings (SSSR count). The summed E-state index contributed by atoms with van der Waals surface area (Å²) in [6.45, 7) is 0.